The van der Waals surface area contributed by atoms with Gasteiger partial charge in [-0.1, -0.05) is 23.7 Å². The van der Waals surface area contributed by atoms with Crippen molar-refractivity contribution in [3.8, 4) is 11.5 Å². The maximum absolute atomic E-state index is 5.85. The van der Waals surface area contributed by atoms with Crippen LogP contribution >= 0.6 is 0 Å². The van der Waals surface area contributed by atoms with Crippen molar-refractivity contribution in [1.29, 1.82) is 0 Å². The number of hydrogen-bond donors (Lipinski definition) is 1. The summed E-state index contributed by atoms with van der Waals surface area (Å²) >= 11 is 0. The predicted molar refractivity (Wildman–Crippen MR) is 101 cm³/mol. The topological polar surface area (TPSA) is 69.3 Å². The first kappa shape index (κ1) is 19.1. The molecule has 0 radical (unpaired) electrons. The molecular weight excluding hydrogens is 318 g/mol. The SMILES string of the molecule is COc1ccc(/C=C/C(N)=N/OCCCN2CCCCC2)cc1OC. The molecule has 0 saturated carbocycles. The molecule has 6 nitrogen and oxygen atoms in total. The minimum Gasteiger partial charge on any atom is -0.493 e. The number of piperidine rings is 1. The highest BCUT2D eigenvalue weighted by Crippen LogP contribution is 2.27. The number of nitrogens with two attached hydrogens (primary N) is 1. The number of methoxy groups -OCH3 is 2. The molecule has 0 amide bonds. The van der Waals surface area contributed by atoms with Crippen molar-refractivity contribution in [2.45, 2.75) is 25.7 Å². The molecule has 25 heavy (non-hydrogen) atoms. The van der Waals surface area contributed by atoms with Crippen molar-refractivity contribution >= 4 is 11.9 Å². The van der Waals surface area contributed by atoms with E-state index in [-0.39, 0.29) is 0 Å². The molecule has 2 rings (SSSR count). The van der Waals surface area contributed by atoms with Gasteiger partial charge in [0.2, 0.25) is 0 Å². The third-order valence-electron chi connectivity index (χ3n) is 4.18. The average Bonchev–Trinajstić information content (AvgIpc) is 2.66. The van der Waals surface area contributed by atoms with Gasteiger partial charge >= 0.3 is 0 Å². The number of nitrogens with zero attached hydrogens (tertiary/aromatic N) is 2. The Morgan fingerprint density at radius 3 is 2.64 bits per heavy atom. The highest BCUT2D eigenvalue weighted by atomic mass is 16.6. The van der Waals surface area contributed by atoms with Crippen LogP contribution in [0.15, 0.2) is 29.4 Å². The van der Waals surface area contributed by atoms with E-state index in [4.69, 9.17) is 20.0 Å². The zero-order valence-corrected chi connectivity index (χ0v) is 15.2. The van der Waals surface area contributed by atoms with E-state index in [9.17, 15) is 0 Å². The van der Waals surface area contributed by atoms with Crippen molar-refractivity contribution in [3.63, 3.8) is 0 Å². The second-order valence-corrected chi connectivity index (χ2v) is 6.05. The molecule has 0 atom stereocenters. The molecule has 1 heterocycles. The van der Waals surface area contributed by atoms with Crippen molar-refractivity contribution in [2.24, 2.45) is 10.9 Å². The van der Waals surface area contributed by atoms with Crippen molar-refractivity contribution in [2.75, 3.05) is 40.5 Å². The minimum atomic E-state index is 0.341. The third kappa shape index (κ3) is 6.66. The molecule has 0 aliphatic carbocycles. The van der Waals surface area contributed by atoms with Gasteiger partial charge in [0.1, 0.15) is 6.61 Å². The largest absolute Gasteiger partial charge is 0.493 e. The molecule has 1 aromatic carbocycles. The lowest BCUT2D eigenvalue weighted by Gasteiger charge is -2.25. The fourth-order valence-electron chi connectivity index (χ4n) is 2.82. The molecule has 0 aromatic heterocycles. The number of ether oxygens (including phenoxy) is 2. The van der Waals surface area contributed by atoms with Crippen LogP contribution in [-0.2, 0) is 4.84 Å². The fraction of sp³-hybridized carbons (Fsp3) is 0.526. The van der Waals surface area contributed by atoms with Gasteiger partial charge in [-0.3, -0.25) is 0 Å². The number of rotatable bonds is 9. The van der Waals surface area contributed by atoms with Gasteiger partial charge in [-0.05, 0) is 56.1 Å². The average molecular weight is 347 g/mol. The van der Waals surface area contributed by atoms with Crippen molar-refractivity contribution in [1.82, 2.24) is 4.90 Å². The summed E-state index contributed by atoms with van der Waals surface area (Å²) in [6, 6.07) is 5.65. The van der Waals surface area contributed by atoms with Crippen LogP contribution in [0.3, 0.4) is 0 Å². The van der Waals surface area contributed by atoms with Gasteiger partial charge in [-0.2, -0.15) is 0 Å². The first-order chi connectivity index (χ1) is 12.2. The number of likely N-dealkylation sites (tertiary alicyclic amines) is 1. The minimum absolute atomic E-state index is 0.341. The van der Waals surface area contributed by atoms with Crippen molar-refractivity contribution in [3.05, 3.63) is 29.8 Å². The van der Waals surface area contributed by atoms with Gasteiger partial charge in [-0.25, -0.2) is 0 Å². The Balaban J connectivity index is 1.73. The van der Waals surface area contributed by atoms with Gasteiger partial charge < -0.3 is 24.9 Å². The molecule has 1 aromatic rings. The fourth-order valence-corrected chi connectivity index (χ4v) is 2.82. The summed E-state index contributed by atoms with van der Waals surface area (Å²) in [6.07, 6.45) is 8.53. The first-order valence-electron chi connectivity index (χ1n) is 8.81. The van der Waals surface area contributed by atoms with Crippen LogP contribution in [0, 0.1) is 0 Å². The smallest absolute Gasteiger partial charge is 0.162 e. The van der Waals surface area contributed by atoms with Gasteiger partial charge in [0, 0.05) is 6.54 Å². The molecule has 0 unspecified atom stereocenters. The molecule has 2 N–H and O–H groups in total. The molecular formula is C19H29N3O3. The van der Waals surface area contributed by atoms with Crippen LogP contribution in [0.5, 0.6) is 11.5 Å². The molecule has 138 valence electrons. The summed E-state index contributed by atoms with van der Waals surface area (Å²) in [7, 11) is 3.22. The zero-order valence-electron chi connectivity index (χ0n) is 15.2. The van der Waals surface area contributed by atoms with E-state index in [0.717, 1.165) is 18.5 Å². The van der Waals surface area contributed by atoms with E-state index in [2.05, 4.69) is 10.1 Å². The Hall–Kier alpha value is -2.21. The second kappa shape index (κ2) is 10.6. The monoisotopic (exact) mass is 347 g/mol. The van der Waals surface area contributed by atoms with Gasteiger partial charge in [0.05, 0.1) is 14.2 Å². The van der Waals surface area contributed by atoms with E-state index in [1.165, 1.54) is 32.4 Å². The highest BCUT2D eigenvalue weighted by molar-refractivity contribution is 5.94. The first-order valence-corrected chi connectivity index (χ1v) is 8.81. The normalized spacial score (nSPS) is 16.2. The van der Waals surface area contributed by atoms with Crippen molar-refractivity contribution < 1.29 is 14.3 Å². The molecule has 0 spiro atoms. The highest BCUT2D eigenvalue weighted by Gasteiger charge is 2.08. The van der Waals surface area contributed by atoms with E-state index >= 15 is 0 Å². The standard InChI is InChI=1S/C19H29N3O3/c1-23-17-9-7-16(15-18(17)24-2)8-10-19(20)21-25-14-6-13-22-11-4-3-5-12-22/h7-10,15H,3-6,11-14H2,1-2H3,(H2,20,21)/b10-8+. The van der Waals surface area contributed by atoms with E-state index in [0.29, 0.717) is 23.9 Å². The Kier molecular flexibility index (Phi) is 8.12. The van der Waals surface area contributed by atoms with Crippen LogP contribution < -0.4 is 15.2 Å². The summed E-state index contributed by atoms with van der Waals surface area (Å²) in [5.41, 5.74) is 6.79. The molecule has 0 bridgehead atoms. The van der Waals surface area contributed by atoms with E-state index in [1.807, 2.05) is 24.3 Å². The van der Waals surface area contributed by atoms with E-state index < -0.39 is 0 Å². The molecule has 1 saturated heterocycles. The van der Waals surface area contributed by atoms with E-state index in [1.54, 1.807) is 20.3 Å². The van der Waals surface area contributed by atoms with Crippen LogP contribution in [0.1, 0.15) is 31.2 Å². The lowest BCUT2D eigenvalue weighted by molar-refractivity contribution is 0.124. The summed E-state index contributed by atoms with van der Waals surface area (Å²) in [6.45, 7) is 4.07. The Morgan fingerprint density at radius 2 is 1.92 bits per heavy atom. The van der Waals surface area contributed by atoms with Crippen LogP contribution in [0.4, 0.5) is 0 Å². The van der Waals surface area contributed by atoms with Crippen LogP contribution in [-0.4, -0.2) is 51.2 Å². The maximum atomic E-state index is 5.85. The summed E-state index contributed by atoms with van der Waals surface area (Å²) < 4.78 is 10.5. The maximum Gasteiger partial charge on any atom is 0.162 e. The molecule has 1 fully saturated rings. The van der Waals surface area contributed by atoms with Crippen LogP contribution in [0.2, 0.25) is 0 Å². The second-order valence-electron chi connectivity index (χ2n) is 6.05. The summed E-state index contributed by atoms with van der Waals surface area (Å²) in [5.74, 6) is 1.71. The van der Waals surface area contributed by atoms with Crippen LogP contribution in [0.25, 0.3) is 6.08 Å². The van der Waals surface area contributed by atoms with Gasteiger partial charge in [0.15, 0.2) is 17.3 Å². The van der Waals surface area contributed by atoms with Gasteiger partial charge in [-0.15, -0.1) is 0 Å². The quantitative estimate of drug-likeness (QED) is 0.322. The Bertz CT molecular complexity index is 581. The number of oxime groups is 1. The lowest BCUT2D eigenvalue weighted by atomic mass is 10.1. The lowest BCUT2D eigenvalue weighted by Crippen LogP contribution is -2.31. The van der Waals surface area contributed by atoms with Gasteiger partial charge in [0.25, 0.3) is 0 Å². The molecule has 6 heteroatoms. The number of benzene rings is 1. The third-order valence-corrected chi connectivity index (χ3v) is 4.18. The number of amidine groups is 1. The molecule has 1 aliphatic rings. The Labute approximate surface area is 150 Å². The number of hydrogen-bond acceptors (Lipinski definition) is 5. The predicted octanol–water partition coefficient (Wildman–Crippen LogP) is 2.88. The summed E-state index contributed by atoms with van der Waals surface area (Å²) in [4.78, 5) is 7.78. The Morgan fingerprint density at radius 1 is 1.16 bits per heavy atom. The zero-order chi connectivity index (χ0) is 17.9. The summed E-state index contributed by atoms with van der Waals surface area (Å²) in [5, 5.41) is 3.93. The molecule has 1 aliphatic heterocycles.